The van der Waals surface area contributed by atoms with Crippen LogP contribution in [0.2, 0.25) is 0 Å². The van der Waals surface area contributed by atoms with Gasteiger partial charge in [-0.3, -0.25) is 9.89 Å². The lowest BCUT2D eigenvalue weighted by Gasteiger charge is -2.19. The van der Waals surface area contributed by atoms with Crippen LogP contribution in [-0.2, 0) is 11.2 Å². The van der Waals surface area contributed by atoms with Crippen molar-refractivity contribution < 1.29 is 19.0 Å². The number of benzene rings is 1. The molecule has 2 aliphatic heterocycles. The van der Waals surface area contributed by atoms with Crippen LogP contribution in [0.5, 0.6) is 0 Å². The minimum absolute atomic E-state index is 0.211. The lowest BCUT2D eigenvalue weighted by atomic mass is 9.96. The number of anilines is 1. The Balaban J connectivity index is 1.58. The highest BCUT2D eigenvalue weighted by molar-refractivity contribution is 5.89. The van der Waals surface area contributed by atoms with E-state index >= 15 is 0 Å². The van der Waals surface area contributed by atoms with E-state index < -0.39 is 18.0 Å². The van der Waals surface area contributed by atoms with E-state index in [2.05, 4.69) is 9.98 Å². The van der Waals surface area contributed by atoms with E-state index in [1.165, 1.54) is 11.0 Å². The van der Waals surface area contributed by atoms with E-state index in [1.807, 2.05) is 12.4 Å². The highest BCUT2D eigenvalue weighted by Crippen LogP contribution is 2.32. The Morgan fingerprint density at radius 3 is 3.04 bits per heavy atom. The molecule has 0 aliphatic carbocycles. The first-order valence-electron chi connectivity index (χ1n) is 7.73. The van der Waals surface area contributed by atoms with Crippen molar-refractivity contribution >= 4 is 18.0 Å². The smallest absolute Gasteiger partial charge is 0.414 e. The summed E-state index contributed by atoms with van der Waals surface area (Å²) < 4.78 is 19.6. The van der Waals surface area contributed by atoms with Crippen LogP contribution in [0.1, 0.15) is 22.7 Å². The van der Waals surface area contributed by atoms with Crippen molar-refractivity contribution in [1.29, 1.82) is 0 Å². The van der Waals surface area contributed by atoms with Gasteiger partial charge in [-0.05, 0) is 17.7 Å². The maximum atomic E-state index is 14.6. The average Bonchev–Trinajstić information content (AvgIpc) is 3.20. The summed E-state index contributed by atoms with van der Waals surface area (Å²) in [5, 5.41) is 9.08. The van der Waals surface area contributed by atoms with Crippen LogP contribution in [0.25, 0.3) is 0 Å². The topological polar surface area (TPSA) is 77.9 Å². The van der Waals surface area contributed by atoms with Crippen LogP contribution in [0.3, 0.4) is 0 Å². The highest BCUT2D eigenvalue weighted by Gasteiger charge is 2.32. The van der Waals surface area contributed by atoms with Gasteiger partial charge in [-0.15, -0.1) is 0 Å². The summed E-state index contributed by atoms with van der Waals surface area (Å²) in [5.74, 6) is -0.408. The second-order valence-corrected chi connectivity index (χ2v) is 5.94. The molecule has 124 valence electrons. The molecule has 1 aromatic heterocycles. The molecule has 1 fully saturated rings. The molecule has 2 N–H and O–H groups in total. The molecule has 1 amide bonds. The van der Waals surface area contributed by atoms with Gasteiger partial charge >= 0.3 is 6.09 Å². The standard InChI is InChI=1S/C17H16FN3O3/c18-15-4-12(21-8-13(9-22)24-17(21)23)1-2-14(15)16-3-10-5-19-6-11(10)7-20-16/h1-2,4-7,13,16,19,22H,3,8-9H2/t13-,16?/m1/s1. The lowest BCUT2D eigenvalue weighted by molar-refractivity contribution is 0.0963. The van der Waals surface area contributed by atoms with Crippen LogP contribution < -0.4 is 4.90 Å². The fourth-order valence-electron chi connectivity index (χ4n) is 3.11. The third-order valence-electron chi connectivity index (χ3n) is 4.41. The van der Waals surface area contributed by atoms with Crippen molar-refractivity contribution in [2.75, 3.05) is 18.1 Å². The predicted molar refractivity (Wildman–Crippen MR) is 85.9 cm³/mol. The number of aliphatic hydroxyl groups excluding tert-OH is 1. The van der Waals surface area contributed by atoms with E-state index in [0.717, 1.165) is 11.1 Å². The third kappa shape index (κ3) is 2.46. The molecule has 2 aromatic rings. The molecule has 24 heavy (non-hydrogen) atoms. The van der Waals surface area contributed by atoms with E-state index in [0.29, 0.717) is 17.7 Å². The maximum absolute atomic E-state index is 14.6. The Morgan fingerprint density at radius 2 is 2.29 bits per heavy atom. The van der Waals surface area contributed by atoms with Crippen molar-refractivity contribution in [3.05, 3.63) is 53.1 Å². The number of fused-ring (bicyclic) bond motifs is 1. The number of carbonyl (C=O) groups is 1. The number of nitrogens with zero attached hydrogens (tertiary/aromatic N) is 2. The van der Waals surface area contributed by atoms with Gasteiger partial charge in [0.05, 0.1) is 24.9 Å². The van der Waals surface area contributed by atoms with Crippen LogP contribution in [0, 0.1) is 5.82 Å². The molecule has 7 heteroatoms. The monoisotopic (exact) mass is 329 g/mol. The molecular weight excluding hydrogens is 313 g/mol. The van der Waals surface area contributed by atoms with Gasteiger partial charge in [-0.1, -0.05) is 6.07 Å². The molecule has 0 spiro atoms. The summed E-state index contributed by atoms with van der Waals surface area (Å²) in [6.07, 6.45) is 4.99. The number of H-pyrrole nitrogens is 1. The maximum Gasteiger partial charge on any atom is 0.414 e. The van der Waals surface area contributed by atoms with Gasteiger partial charge in [0.25, 0.3) is 0 Å². The fraction of sp³-hybridized carbons (Fsp3) is 0.294. The summed E-state index contributed by atoms with van der Waals surface area (Å²) in [6.45, 7) is -0.0407. The van der Waals surface area contributed by atoms with Gasteiger partial charge in [0, 0.05) is 36.2 Å². The van der Waals surface area contributed by atoms with Crippen molar-refractivity contribution in [1.82, 2.24) is 4.98 Å². The Kier molecular flexibility index (Phi) is 3.57. The average molecular weight is 329 g/mol. The van der Waals surface area contributed by atoms with Gasteiger partial charge in [0.1, 0.15) is 11.9 Å². The molecule has 6 nitrogen and oxygen atoms in total. The Labute approximate surface area is 137 Å². The quantitative estimate of drug-likeness (QED) is 0.906. The minimum atomic E-state index is -0.575. The van der Waals surface area contributed by atoms with Gasteiger partial charge in [-0.25, -0.2) is 9.18 Å². The van der Waals surface area contributed by atoms with Crippen LogP contribution in [0.4, 0.5) is 14.9 Å². The molecule has 1 saturated heterocycles. The summed E-state index contributed by atoms with van der Waals surface area (Å²) in [4.78, 5) is 20.6. The Morgan fingerprint density at radius 1 is 1.42 bits per heavy atom. The molecule has 4 rings (SSSR count). The number of rotatable bonds is 3. The van der Waals surface area contributed by atoms with E-state index in [4.69, 9.17) is 9.84 Å². The second kappa shape index (κ2) is 5.76. The molecule has 0 bridgehead atoms. The van der Waals surface area contributed by atoms with Crippen LogP contribution >= 0.6 is 0 Å². The first-order chi connectivity index (χ1) is 11.7. The summed E-state index contributed by atoms with van der Waals surface area (Å²) >= 11 is 0. The van der Waals surface area contributed by atoms with E-state index in [9.17, 15) is 9.18 Å². The number of aliphatic imine (C=N–C) groups is 1. The zero-order chi connectivity index (χ0) is 16.7. The largest absolute Gasteiger partial charge is 0.441 e. The number of nitrogens with one attached hydrogen (secondary N) is 1. The first-order valence-corrected chi connectivity index (χ1v) is 7.73. The Bertz CT molecular complexity index is 817. The molecule has 1 unspecified atom stereocenters. The molecular formula is C17H16FN3O3. The number of aromatic amines is 1. The number of ether oxygens (including phenoxy) is 1. The van der Waals surface area contributed by atoms with Crippen molar-refractivity contribution in [2.45, 2.75) is 18.6 Å². The summed E-state index contributed by atoms with van der Waals surface area (Å²) in [5.41, 5.74) is 3.04. The van der Waals surface area contributed by atoms with Crippen LogP contribution in [0.15, 0.2) is 35.6 Å². The number of aromatic nitrogens is 1. The molecule has 2 atom stereocenters. The van der Waals surface area contributed by atoms with Crippen molar-refractivity contribution in [2.24, 2.45) is 4.99 Å². The number of halogens is 1. The number of hydrogen-bond donors (Lipinski definition) is 2. The first kappa shape index (κ1) is 14.9. The number of carbonyl (C=O) groups excluding carboxylic acids is 1. The molecule has 1 aromatic carbocycles. The summed E-state index contributed by atoms with van der Waals surface area (Å²) in [6, 6.07) is 4.38. The molecule has 0 radical (unpaired) electrons. The van der Waals surface area contributed by atoms with Gasteiger partial charge < -0.3 is 14.8 Å². The number of cyclic esters (lactones) is 1. The van der Waals surface area contributed by atoms with Crippen molar-refractivity contribution in [3.63, 3.8) is 0 Å². The zero-order valence-corrected chi connectivity index (χ0v) is 12.8. The van der Waals surface area contributed by atoms with Crippen molar-refractivity contribution in [3.8, 4) is 0 Å². The van der Waals surface area contributed by atoms with E-state index in [1.54, 1.807) is 18.3 Å². The lowest BCUT2D eigenvalue weighted by Crippen LogP contribution is -2.25. The van der Waals surface area contributed by atoms with Crippen LogP contribution in [-0.4, -0.2) is 41.7 Å². The third-order valence-corrected chi connectivity index (χ3v) is 4.41. The van der Waals surface area contributed by atoms with Gasteiger partial charge in [-0.2, -0.15) is 0 Å². The Hall–Kier alpha value is -2.67. The van der Waals surface area contributed by atoms with E-state index in [-0.39, 0.29) is 19.2 Å². The molecule has 2 aliphatic rings. The zero-order valence-electron chi connectivity index (χ0n) is 12.8. The number of hydrogen-bond acceptors (Lipinski definition) is 4. The van der Waals surface area contributed by atoms with Gasteiger partial charge in [0.15, 0.2) is 0 Å². The summed E-state index contributed by atoms with van der Waals surface area (Å²) in [7, 11) is 0. The SMILES string of the molecule is O=C1O[C@@H](CO)CN1c1ccc(C2Cc3c[nH]cc3C=N2)c(F)c1. The normalized spacial score (nSPS) is 22.6. The predicted octanol–water partition coefficient (Wildman–Crippen LogP) is 2.19. The van der Waals surface area contributed by atoms with Gasteiger partial charge in [0.2, 0.25) is 0 Å². The molecule has 0 saturated carbocycles. The fourth-order valence-corrected chi connectivity index (χ4v) is 3.11. The molecule has 3 heterocycles. The number of aliphatic hydroxyl groups is 1. The highest BCUT2D eigenvalue weighted by atomic mass is 19.1. The minimum Gasteiger partial charge on any atom is -0.441 e. The second-order valence-electron chi connectivity index (χ2n) is 5.94. The number of amides is 1.